The van der Waals surface area contributed by atoms with Crippen LogP contribution in [0.25, 0.3) is 0 Å². The minimum absolute atomic E-state index is 0.0524. The van der Waals surface area contributed by atoms with Crippen LogP contribution < -0.4 is 15.0 Å². The average Bonchev–Trinajstić information content (AvgIpc) is 3.28. The van der Waals surface area contributed by atoms with Gasteiger partial charge in [-0.2, -0.15) is 0 Å². The summed E-state index contributed by atoms with van der Waals surface area (Å²) in [6, 6.07) is 26.9. The third-order valence-corrected chi connectivity index (χ3v) is 7.78. The summed E-state index contributed by atoms with van der Waals surface area (Å²) in [5.74, 6) is 0.230. The summed E-state index contributed by atoms with van der Waals surface area (Å²) in [6.45, 7) is 10.4. The molecule has 0 aliphatic carbocycles. The first-order valence-corrected chi connectivity index (χ1v) is 14.4. The van der Waals surface area contributed by atoms with E-state index < -0.39 is 11.6 Å². The van der Waals surface area contributed by atoms with Crippen molar-refractivity contribution in [3.63, 3.8) is 0 Å². The van der Waals surface area contributed by atoms with Gasteiger partial charge < -0.3 is 24.8 Å². The van der Waals surface area contributed by atoms with E-state index in [9.17, 15) is 9.90 Å². The van der Waals surface area contributed by atoms with Crippen molar-refractivity contribution in [1.29, 1.82) is 0 Å². The number of aromatic hydroxyl groups is 1. The van der Waals surface area contributed by atoms with Gasteiger partial charge in [-0.05, 0) is 75.2 Å². The summed E-state index contributed by atoms with van der Waals surface area (Å²) >= 11 is 0. The number of phenolic OH excluding ortho intramolecular Hbond substituents is 1. The second kappa shape index (κ2) is 12.0. The minimum atomic E-state index is -1.41. The van der Waals surface area contributed by atoms with Crippen molar-refractivity contribution in [2.24, 2.45) is 0 Å². The van der Waals surface area contributed by atoms with Crippen molar-refractivity contribution >= 4 is 23.0 Å². The van der Waals surface area contributed by atoms with Crippen molar-refractivity contribution in [2.75, 3.05) is 29.9 Å². The summed E-state index contributed by atoms with van der Waals surface area (Å²) in [7, 11) is 0. The van der Waals surface area contributed by atoms with E-state index in [4.69, 9.17) is 9.47 Å². The normalized spacial score (nSPS) is 15.8. The topological polar surface area (TPSA) is 71.0 Å². The van der Waals surface area contributed by atoms with Crippen molar-refractivity contribution in [3.8, 4) is 11.5 Å². The van der Waals surface area contributed by atoms with Crippen LogP contribution in [0.5, 0.6) is 11.5 Å². The summed E-state index contributed by atoms with van der Waals surface area (Å²) in [5.41, 5.74) is 4.55. The Morgan fingerprint density at radius 3 is 2.32 bits per heavy atom. The van der Waals surface area contributed by atoms with Gasteiger partial charge in [0.25, 0.3) is 0 Å². The van der Waals surface area contributed by atoms with E-state index >= 15 is 0 Å². The second-order valence-electron chi connectivity index (χ2n) is 10.3. The molecule has 6 nitrogen and oxygen atoms in total. The van der Waals surface area contributed by atoms with Gasteiger partial charge in [-0.1, -0.05) is 49.7 Å². The van der Waals surface area contributed by atoms with Gasteiger partial charge in [0.15, 0.2) is 5.60 Å². The molecular weight excluding hydrogens is 512 g/mol. The zero-order chi connectivity index (χ0) is 29.0. The number of para-hydroxylation sites is 1. The van der Waals surface area contributed by atoms with E-state index in [1.54, 1.807) is 12.1 Å². The number of unbranched alkanes of at least 4 members (excludes halogenated alkanes) is 1. The van der Waals surface area contributed by atoms with Gasteiger partial charge in [0.05, 0.1) is 12.2 Å². The van der Waals surface area contributed by atoms with Crippen LogP contribution >= 0.6 is 0 Å². The predicted octanol–water partition coefficient (Wildman–Crippen LogP) is 7.93. The lowest BCUT2D eigenvalue weighted by Crippen LogP contribution is -2.31. The number of fused-ring (bicyclic) bond motifs is 1. The molecule has 1 atom stereocenters. The number of phenols is 1. The van der Waals surface area contributed by atoms with Crippen molar-refractivity contribution in [2.45, 2.75) is 46.1 Å². The summed E-state index contributed by atoms with van der Waals surface area (Å²) < 4.78 is 12.8. The van der Waals surface area contributed by atoms with Crippen LogP contribution in [0.2, 0.25) is 0 Å². The molecule has 1 heterocycles. The van der Waals surface area contributed by atoms with Gasteiger partial charge in [0.1, 0.15) is 11.5 Å². The molecule has 4 aromatic rings. The number of carbonyl (C=O) groups is 1. The maximum Gasteiger partial charge on any atom is 0.340 e. The molecule has 1 aliphatic rings. The van der Waals surface area contributed by atoms with Crippen LogP contribution in [0.4, 0.5) is 17.1 Å². The Balaban J connectivity index is 1.77. The number of esters is 1. The fourth-order valence-corrected chi connectivity index (χ4v) is 5.58. The number of ether oxygens (including phenoxy) is 2. The number of aryl methyl sites for hydroxylation is 1. The smallest absolute Gasteiger partial charge is 0.340 e. The fraction of sp³-hybridized carbons (Fsp3) is 0.286. The number of hydrogen-bond acceptors (Lipinski definition) is 6. The zero-order valence-corrected chi connectivity index (χ0v) is 24.2. The number of hydrogen-bond donors (Lipinski definition) is 2. The number of carbonyl (C=O) groups excluding carboxylic acids is 1. The number of anilines is 3. The largest absolute Gasteiger partial charge is 0.507 e. The first-order valence-electron chi connectivity index (χ1n) is 14.4. The van der Waals surface area contributed by atoms with Crippen molar-refractivity contribution in [3.05, 3.63) is 113 Å². The van der Waals surface area contributed by atoms with Gasteiger partial charge in [-0.3, -0.25) is 0 Å². The highest BCUT2D eigenvalue weighted by Gasteiger charge is 2.51. The van der Waals surface area contributed by atoms with E-state index in [0.29, 0.717) is 34.6 Å². The maximum atomic E-state index is 13.5. The minimum Gasteiger partial charge on any atom is -0.507 e. The van der Waals surface area contributed by atoms with E-state index in [0.717, 1.165) is 48.6 Å². The molecule has 0 saturated carbocycles. The molecule has 0 saturated heterocycles. The average molecular weight is 551 g/mol. The fourth-order valence-electron chi connectivity index (χ4n) is 5.58. The zero-order valence-electron chi connectivity index (χ0n) is 24.2. The second-order valence-corrected chi connectivity index (χ2v) is 10.3. The standard InChI is InChI=1S/C35H38N2O4/c1-5-8-20-40-33-21-24(4)31(36-25-14-10-9-11-15-25)23-30(33)35(28-17-13-12-16-27(28)34(39)41-35)29-19-18-26(22-32(29)38)37(6-2)7-3/h9-19,21-23,36,38H,5-8,20H2,1-4H3. The van der Waals surface area contributed by atoms with E-state index in [1.807, 2.05) is 79.7 Å². The van der Waals surface area contributed by atoms with Gasteiger partial charge in [0.2, 0.25) is 0 Å². The molecular formula is C35H38N2O4. The predicted molar refractivity (Wildman–Crippen MR) is 165 cm³/mol. The van der Waals surface area contributed by atoms with E-state index in [2.05, 4.69) is 31.0 Å². The molecule has 0 fully saturated rings. The van der Waals surface area contributed by atoms with E-state index in [1.165, 1.54) is 0 Å². The monoisotopic (exact) mass is 550 g/mol. The first-order chi connectivity index (χ1) is 19.9. The van der Waals surface area contributed by atoms with Gasteiger partial charge in [-0.15, -0.1) is 0 Å². The molecule has 212 valence electrons. The van der Waals surface area contributed by atoms with Crippen LogP contribution in [0.1, 0.15) is 66.2 Å². The molecule has 4 aromatic carbocycles. The van der Waals surface area contributed by atoms with Crippen LogP contribution in [0.3, 0.4) is 0 Å². The molecule has 0 amide bonds. The Morgan fingerprint density at radius 2 is 1.61 bits per heavy atom. The highest BCUT2D eigenvalue weighted by molar-refractivity contribution is 5.97. The Kier molecular flexibility index (Phi) is 8.20. The van der Waals surface area contributed by atoms with Crippen molar-refractivity contribution < 1.29 is 19.4 Å². The summed E-state index contributed by atoms with van der Waals surface area (Å²) in [5, 5.41) is 15.1. The lowest BCUT2D eigenvalue weighted by Gasteiger charge is -2.33. The Bertz CT molecular complexity index is 1530. The lowest BCUT2D eigenvalue weighted by atomic mass is 9.78. The third kappa shape index (κ3) is 5.22. The van der Waals surface area contributed by atoms with Gasteiger partial charge >= 0.3 is 5.97 Å². The highest BCUT2D eigenvalue weighted by Crippen LogP contribution is 2.53. The molecule has 0 aromatic heterocycles. The molecule has 1 aliphatic heterocycles. The number of rotatable bonds is 11. The Morgan fingerprint density at radius 1 is 0.878 bits per heavy atom. The van der Waals surface area contributed by atoms with Crippen LogP contribution in [0, 0.1) is 6.92 Å². The molecule has 2 N–H and O–H groups in total. The first kappa shape index (κ1) is 28.1. The summed E-state index contributed by atoms with van der Waals surface area (Å²) in [6.07, 6.45) is 1.87. The lowest BCUT2D eigenvalue weighted by molar-refractivity contribution is 0.0237. The van der Waals surface area contributed by atoms with Crippen LogP contribution in [-0.2, 0) is 10.3 Å². The number of cyclic esters (lactones) is 1. The van der Waals surface area contributed by atoms with Crippen LogP contribution in [0.15, 0.2) is 84.9 Å². The molecule has 0 radical (unpaired) electrons. The third-order valence-electron chi connectivity index (χ3n) is 7.78. The Hall–Kier alpha value is -4.45. The van der Waals surface area contributed by atoms with Gasteiger partial charge in [-0.25, -0.2) is 4.79 Å². The molecule has 0 spiro atoms. The van der Waals surface area contributed by atoms with Crippen molar-refractivity contribution in [1.82, 2.24) is 0 Å². The molecule has 6 heteroatoms. The highest BCUT2D eigenvalue weighted by atomic mass is 16.6. The number of benzene rings is 4. The SMILES string of the molecule is CCCCOc1cc(C)c(Nc2ccccc2)cc1C1(c2ccc(N(CC)CC)cc2O)OC(=O)c2ccccc21. The number of nitrogens with zero attached hydrogens (tertiary/aromatic N) is 1. The maximum absolute atomic E-state index is 13.5. The van der Waals surface area contributed by atoms with E-state index in [-0.39, 0.29) is 5.75 Å². The Labute approximate surface area is 242 Å². The van der Waals surface area contributed by atoms with Crippen LogP contribution in [-0.4, -0.2) is 30.8 Å². The molecule has 0 bridgehead atoms. The molecule has 41 heavy (non-hydrogen) atoms. The number of nitrogens with one attached hydrogen (secondary N) is 1. The summed E-state index contributed by atoms with van der Waals surface area (Å²) in [4.78, 5) is 15.6. The molecule has 1 unspecified atom stereocenters. The molecule has 5 rings (SSSR count). The van der Waals surface area contributed by atoms with Gasteiger partial charge in [0, 0.05) is 52.9 Å². The quantitative estimate of drug-likeness (QED) is 0.146.